The monoisotopic (exact) mass is 672 g/mol. The number of anilines is 2. The molecule has 0 bridgehead atoms. The minimum atomic E-state index is -4.55. The van der Waals surface area contributed by atoms with Crippen LogP contribution in [0.1, 0.15) is 42.7 Å². The normalized spacial score (nSPS) is 20.9. The third-order valence-corrected chi connectivity index (χ3v) is 11.2. The molecule has 10 nitrogen and oxygen atoms in total. The van der Waals surface area contributed by atoms with Crippen LogP contribution in [0.3, 0.4) is 0 Å². The number of H-pyrrole nitrogens is 1. The number of aromatic amines is 1. The van der Waals surface area contributed by atoms with Crippen LogP contribution in [0.15, 0.2) is 37.1 Å². The van der Waals surface area contributed by atoms with Gasteiger partial charge in [0.2, 0.25) is 11.9 Å². The van der Waals surface area contributed by atoms with Crippen molar-refractivity contribution < 1.29 is 22.7 Å². The average Bonchev–Trinajstić information content (AvgIpc) is 3.99. The SMILES string of the molecule is C=CC(=O)N1CCN(c2nc(N3CC(N4CC5(CC5)C4)C3)nc3c(OCC(F)(F)F)c(-c4c(C)ccc5[nH]ncc45)c(C4CC4)cc23)CC1. The van der Waals surface area contributed by atoms with E-state index in [-0.39, 0.29) is 17.6 Å². The van der Waals surface area contributed by atoms with Gasteiger partial charge in [0.15, 0.2) is 12.4 Å². The number of aryl methyl sites for hydroxylation is 1. The number of halogens is 3. The molecule has 49 heavy (non-hydrogen) atoms. The molecule has 5 fully saturated rings. The van der Waals surface area contributed by atoms with Crippen molar-refractivity contribution in [3.8, 4) is 16.9 Å². The molecule has 13 heteroatoms. The molecule has 3 saturated heterocycles. The standard InChI is InChI=1S/C36H39F3N8O2/c1-3-28(48)44-10-12-45(13-11-44)33-25-14-24(22-5-6-22)30(29-21(2)4-7-27-26(29)15-40-43-27)32(49-20-36(37,38)39)31(25)41-34(42-33)46-16-23(17-46)47-18-35(19-47)8-9-35/h3-4,7,14-15,22-23H,1,5-6,8-13,16-20H2,2H3,(H,40,43). The quantitative estimate of drug-likeness (QED) is 0.248. The van der Waals surface area contributed by atoms with Gasteiger partial charge in [-0.2, -0.15) is 23.3 Å². The first-order valence-corrected chi connectivity index (χ1v) is 17.3. The number of carbonyl (C=O) groups excluding carboxylic acids is 1. The second kappa shape index (κ2) is 11.1. The Morgan fingerprint density at radius 2 is 1.82 bits per heavy atom. The molecular weight excluding hydrogens is 633 g/mol. The Bertz CT molecular complexity index is 1980. The third-order valence-electron chi connectivity index (χ3n) is 11.2. The summed E-state index contributed by atoms with van der Waals surface area (Å²) >= 11 is 0. The molecule has 0 atom stereocenters. The molecule has 1 spiro atoms. The summed E-state index contributed by atoms with van der Waals surface area (Å²) in [5.41, 5.74) is 5.04. The number of ether oxygens (including phenoxy) is 1. The molecule has 256 valence electrons. The lowest BCUT2D eigenvalue weighted by atomic mass is 9.89. The van der Waals surface area contributed by atoms with Gasteiger partial charge in [0.05, 0.1) is 11.7 Å². The predicted molar refractivity (Wildman–Crippen MR) is 181 cm³/mol. The van der Waals surface area contributed by atoms with Gasteiger partial charge in [-0.15, -0.1) is 0 Å². The Labute approximate surface area is 281 Å². The molecule has 0 radical (unpaired) electrons. The first-order chi connectivity index (χ1) is 23.6. The number of rotatable bonds is 8. The molecule has 2 aromatic carbocycles. The summed E-state index contributed by atoms with van der Waals surface area (Å²) in [6.45, 7) is 10.0. The highest BCUT2D eigenvalue weighted by atomic mass is 19.4. The smallest absolute Gasteiger partial charge is 0.422 e. The van der Waals surface area contributed by atoms with Crippen LogP contribution >= 0.6 is 0 Å². The minimum absolute atomic E-state index is 0.120. The lowest BCUT2D eigenvalue weighted by Crippen LogP contribution is -2.66. The van der Waals surface area contributed by atoms with E-state index in [0.29, 0.717) is 65.9 Å². The van der Waals surface area contributed by atoms with Crippen molar-refractivity contribution in [3.05, 3.63) is 48.2 Å². The molecule has 3 aliphatic heterocycles. The number of aromatic nitrogens is 4. The molecule has 5 aliphatic rings. The van der Waals surface area contributed by atoms with Gasteiger partial charge in [-0.25, -0.2) is 4.98 Å². The lowest BCUT2D eigenvalue weighted by Gasteiger charge is -2.52. The van der Waals surface area contributed by atoms with Gasteiger partial charge in [0, 0.05) is 74.7 Å². The fraction of sp³-hybridized carbons (Fsp3) is 0.500. The van der Waals surface area contributed by atoms with Gasteiger partial charge in [-0.05, 0) is 78.8 Å². The van der Waals surface area contributed by atoms with Crippen molar-refractivity contribution in [3.63, 3.8) is 0 Å². The van der Waals surface area contributed by atoms with Crippen molar-refractivity contribution in [2.75, 3.05) is 68.8 Å². The Balaban J connectivity index is 1.21. The lowest BCUT2D eigenvalue weighted by molar-refractivity contribution is -0.153. The van der Waals surface area contributed by atoms with Gasteiger partial charge >= 0.3 is 6.18 Å². The minimum Gasteiger partial charge on any atom is -0.481 e. The van der Waals surface area contributed by atoms with Crippen molar-refractivity contribution in [1.29, 1.82) is 0 Å². The van der Waals surface area contributed by atoms with E-state index in [4.69, 9.17) is 14.7 Å². The highest BCUT2D eigenvalue weighted by molar-refractivity contribution is 6.06. The van der Waals surface area contributed by atoms with E-state index >= 15 is 0 Å². The highest BCUT2D eigenvalue weighted by Crippen LogP contribution is 2.55. The number of likely N-dealkylation sites (tertiary alicyclic amines) is 1. The first-order valence-electron chi connectivity index (χ1n) is 17.3. The van der Waals surface area contributed by atoms with E-state index < -0.39 is 12.8 Å². The van der Waals surface area contributed by atoms with Gasteiger partial charge < -0.3 is 19.4 Å². The molecule has 1 N–H and O–H groups in total. The largest absolute Gasteiger partial charge is 0.481 e. The highest BCUT2D eigenvalue weighted by Gasteiger charge is 2.55. The summed E-state index contributed by atoms with van der Waals surface area (Å²) in [5, 5.41) is 8.79. The average molecular weight is 673 g/mol. The number of amides is 1. The number of piperazine rings is 1. The molecule has 0 unspecified atom stereocenters. The second-order valence-corrected chi connectivity index (χ2v) is 14.7. The third kappa shape index (κ3) is 5.37. The Morgan fingerprint density at radius 1 is 1.06 bits per heavy atom. The maximum Gasteiger partial charge on any atom is 0.422 e. The number of carbonyl (C=O) groups is 1. The van der Waals surface area contributed by atoms with Crippen LogP contribution in [0.2, 0.25) is 0 Å². The summed E-state index contributed by atoms with van der Waals surface area (Å²) in [4.78, 5) is 31.2. The number of nitrogens with zero attached hydrogens (tertiary/aromatic N) is 7. The van der Waals surface area contributed by atoms with E-state index in [1.165, 1.54) is 18.9 Å². The topological polar surface area (TPSA) is 93.7 Å². The van der Waals surface area contributed by atoms with Gasteiger partial charge in [-0.3, -0.25) is 14.8 Å². The maximum atomic E-state index is 14.0. The molecule has 2 aliphatic carbocycles. The fourth-order valence-corrected chi connectivity index (χ4v) is 8.02. The molecule has 2 aromatic heterocycles. The molecule has 2 saturated carbocycles. The van der Waals surface area contributed by atoms with E-state index in [2.05, 4.69) is 37.5 Å². The molecule has 1 amide bonds. The number of alkyl halides is 3. The Morgan fingerprint density at radius 3 is 2.49 bits per heavy atom. The predicted octanol–water partition coefficient (Wildman–Crippen LogP) is 5.42. The molecule has 5 heterocycles. The number of nitrogens with one attached hydrogen (secondary N) is 1. The summed E-state index contributed by atoms with van der Waals surface area (Å²) in [6, 6.07) is 6.41. The van der Waals surface area contributed by atoms with Gasteiger partial charge in [0.1, 0.15) is 11.3 Å². The van der Waals surface area contributed by atoms with Crippen molar-refractivity contribution >= 4 is 39.5 Å². The molecule has 4 aromatic rings. The van der Waals surface area contributed by atoms with Crippen LogP contribution in [0.25, 0.3) is 32.9 Å². The zero-order valence-corrected chi connectivity index (χ0v) is 27.5. The molecular formula is C36H39F3N8O2. The zero-order valence-electron chi connectivity index (χ0n) is 27.5. The maximum absolute atomic E-state index is 14.0. The Kier molecular flexibility index (Phi) is 6.92. The van der Waals surface area contributed by atoms with Crippen molar-refractivity contribution in [2.24, 2.45) is 5.41 Å². The second-order valence-electron chi connectivity index (χ2n) is 14.7. The number of benzene rings is 2. The van der Waals surface area contributed by atoms with Crippen LogP contribution < -0.4 is 14.5 Å². The van der Waals surface area contributed by atoms with Crippen LogP contribution in [0.5, 0.6) is 5.75 Å². The van der Waals surface area contributed by atoms with Gasteiger partial charge in [-0.1, -0.05) is 12.6 Å². The van der Waals surface area contributed by atoms with Crippen molar-refractivity contribution in [2.45, 2.75) is 50.7 Å². The number of fused-ring (bicyclic) bond motifs is 2. The van der Waals surface area contributed by atoms with E-state index in [0.717, 1.165) is 66.6 Å². The van der Waals surface area contributed by atoms with Crippen LogP contribution in [0, 0.1) is 12.3 Å². The molecule has 9 rings (SSSR count). The zero-order chi connectivity index (χ0) is 33.7. The van der Waals surface area contributed by atoms with E-state index in [9.17, 15) is 18.0 Å². The fourth-order valence-electron chi connectivity index (χ4n) is 8.02. The van der Waals surface area contributed by atoms with Gasteiger partial charge in [0.25, 0.3) is 0 Å². The number of hydrogen-bond acceptors (Lipinski definition) is 8. The van der Waals surface area contributed by atoms with Crippen LogP contribution in [0.4, 0.5) is 24.9 Å². The Hall–Kier alpha value is -4.39. The summed E-state index contributed by atoms with van der Waals surface area (Å²) in [7, 11) is 0. The van der Waals surface area contributed by atoms with E-state index in [1.54, 1.807) is 11.1 Å². The van der Waals surface area contributed by atoms with Crippen molar-refractivity contribution in [1.82, 2.24) is 30.0 Å². The van der Waals surface area contributed by atoms with Crippen LogP contribution in [-0.4, -0.2) is 107 Å². The number of hydrogen-bond donors (Lipinski definition) is 1. The van der Waals surface area contributed by atoms with E-state index in [1.807, 2.05) is 19.1 Å². The van der Waals surface area contributed by atoms with Crippen LogP contribution in [-0.2, 0) is 4.79 Å². The summed E-state index contributed by atoms with van der Waals surface area (Å²) in [5.74, 6) is 1.34. The first kappa shape index (κ1) is 30.7. The summed E-state index contributed by atoms with van der Waals surface area (Å²) < 4.78 is 47.9. The summed E-state index contributed by atoms with van der Waals surface area (Å²) in [6.07, 6.45) is 3.01.